The lowest BCUT2D eigenvalue weighted by atomic mass is 9.87. The summed E-state index contributed by atoms with van der Waals surface area (Å²) in [5.74, 6) is -1.58. The average Bonchev–Trinajstić information content (AvgIpc) is 2.33. The average molecular weight is 317 g/mol. The van der Waals surface area contributed by atoms with Crippen LogP contribution in [0.2, 0.25) is 0 Å². The monoisotopic (exact) mass is 317 g/mol. The fraction of sp³-hybridized carbons (Fsp3) is 0.500. The normalized spacial score (nSPS) is 13.8. The summed E-state index contributed by atoms with van der Waals surface area (Å²) in [6.07, 6.45) is 0. The Morgan fingerprint density at radius 1 is 1.38 bits per heavy atom. The van der Waals surface area contributed by atoms with E-state index in [0.717, 1.165) is 6.07 Å². The standard InChI is InChI=1S/C14H20FNO4S/c1-14(2,3)12(13(17)20-4)16-21(18,19)9-10-6-5-7-11(15)8-10/h5-8,12,16H,9H2,1-4H3. The molecule has 1 aromatic rings. The number of halogens is 1. The van der Waals surface area contributed by atoms with Gasteiger partial charge in [0.25, 0.3) is 0 Å². The van der Waals surface area contributed by atoms with Gasteiger partial charge < -0.3 is 4.74 Å². The quantitative estimate of drug-likeness (QED) is 0.841. The number of ether oxygens (including phenoxy) is 1. The molecule has 5 nitrogen and oxygen atoms in total. The van der Waals surface area contributed by atoms with Crippen molar-refractivity contribution in [1.29, 1.82) is 0 Å². The molecule has 0 aliphatic rings. The van der Waals surface area contributed by atoms with Gasteiger partial charge >= 0.3 is 5.97 Å². The van der Waals surface area contributed by atoms with Crippen molar-refractivity contribution in [2.75, 3.05) is 7.11 Å². The van der Waals surface area contributed by atoms with Gasteiger partial charge in [0.05, 0.1) is 12.9 Å². The van der Waals surface area contributed by atoms with Crippen molar-refractivity contribution in [3.8, 4) is 0 Å². The van der Waals surface area contributed by atoms with E-state index >= 15 is 0 Å². The molecule has 118 valence electrons. The molecular formula is C14H20FNO4S. The molecule has 0 spiro atoms. The van der Waals surface area contributed by atoms with Gasteiger partial charge in [0.15, 0.2) is 0 Å². The molecule has 0 aliphatic heterocycles. The van der Waals surface area contributed by atoms with Crippen LogP contribution in [-0.2, 0) is 25.3 Å². The van der Waals surface area contributed by atoms with Gasteiger partial charge in [-0.05, 0) is 23.1 Å². The molecule has 0 aromatic heterocycles. The second-order valence-corrected chi connectivity index (χ2v) is 7.58. The van der Waals surface area contributed by atoms with Crippen LogP contribution in [-0.4, -0.2) is 27.5 Å². The number of nitrogens with one attached hydrogen (secondary N) is 1. The van der Waals surface area contributed by atoms with E-state index in [0.29, 0.717) is 5.56 Å². The van der Waals surface area contributed by atoms with Gasteiger partial charge in [-0.15, -0.1) is 0 Å². The summed E-state index contributed by atoms with van der Waals surface area (Å²) >= 11 is 0. The first kappa shape index (κ1) is 17.6. The highest BCUT2D eigenvalue weighted by atomic mass is 32.2. The Morgan fingerprint density at radius 3 is 2.48 bits per heavy atom. The Hall–Kier alpha value is -1.47. The maximum atomic E-state index is 13.1. The molecule has 0 aliphatic carbocycles. The van der Waals surface area contributed by atoms with Crippen molar-refractivity contribution in [2.24, 2.45) is 5.41 Å². The number of esters is 1. The zero-order chi connectivity index (χ0) is 16.3. The van der Waals surface area contributed by atoms with Crippen molar-refractivity contribution in [1.82, 2.24) is 4.72 Å². The molecule has 1 atom stereocenters. The third kappa shape index (κ3) is 5.43. The van der Waals surface area contributed by atoms with E-state index in [1.54, 1.807) is 20.8 Å². The fourth-order valence-corrected chi connectivity index (χ4v) is 3.27. The minimum Gasteiger partial charge on any atom is -0.468 e. The summed E-state index contributed by atoms with van der Waals surface area (Å²) in [4.78, 5) is 11.7. The lowest BCUT2D eigenvalue weighted by Crippen LogP contribution is -2.49. The second kappa shape index (κ2) is 6.53. The first-order valence-electron chi connectivity index (χ1n) is 6.37. The number of benzene rings is 1. The predicted molar refractivity (Wildman–Crippen MR) is 77.4 cm³/mol. The summed E-state index contributed by atoms with van der Waals surface area (Å²) in [7, 11) is -2.61. The Labute approximate surface area is 124 Å². The van der Waals surface area contributed by atoms with Crippen molar-refractivity contribution in [3.05, 3.63) is 35.6 Å². The molecule has 1 N–H and O–H groups in total. The number of rotatable bonds is 5. The van der Waals surface area contributed by atoms with Crippen molar-refractivity contribution in [2.45, 2.75) is 32.6 Å². The summed E-state index contributed by atoms with van der Waals surface area (Å²) in [5, 5.41) is 0. The largest absolute Gasteiger partial charge is 0.468 e. The van der Waals surface area contributed by atoms with E-state index in [2.05, 4.69) is 9.46 Å². The summed E-state index contributed by atoms with van der Waals surface area (Å²) in [5.41, 5.74) is -0.345. The minimum absolute atomic E-state index is 0.306. The number of hydrogen-bond donors (Lipinski definition) is 1. The summed E-state index contributed by atoms with van der Waals surface area (Å²) < 4.78 is 44.3. The second-order valence-electron chi connectivity index (χ2n) is 5.83. The SMILES string of the molecule is COC(=O)C(NS(=O)(=O)Cc1cccc(F)c1)C(C)(C)C. The van der Waals surface area contributed by atoms with Gasteiger partial charge in [0.1, 0.15) is 11.9 Å². The molecular weight excluding hydrogens is 297 g/mol. The van der Waals surface area contributed by atoms with Crippen molar-refractivity contribution in [3.63, 3.8) is 0 Å². The maximum absolute atomic E-state index is 13.1. The Balaban J connectivity index is 2.94. The number of carbonyl (C=O) groups excluding carboxylic acids is 1. The molecule has 7 heteroatoms. The van der Waals surface area contributed by atoms with Gasteiger partial charge in [-0.1, -0.05) is 32.9 Å². The molecule has 0 saturated carbocycles. The number of hydrogen-bond acceptors (Lipinski definition) is 4. The van der Waals surface area contributed by atoms with Crippen LogP contribution in [0.5, 0.6) is 0 Å². The molecule has 0 amide bonds. The molecule has 0 bridgehead atoms. The lowest BCUT2D eigenvalue weighted by Gasteiger charge is -2.28. The third-order valence-corrected chi connectivity index (χ3v) is 4.15. The van der Waals surface area contributed by atoms with Gasteiger partial charge in [-0.25, -0.2) is 17.5 Å². The number of carbonyl (C=O) groups is 1. The zero-order valence-corrected chi connectivity index (χ0v) is 13.3. The summed E-state index contributed by atoms with van der Waals surface area (Å²) in [6, 6.07) is 4.30. The Bertz CT molecular complexity index is 608. The van der Waals surface area contributed by atoms with Crippen LogP contribution in [0.1, 0.15) is 26.3 Å². The fourth-order valence-electron chi connectivity index (χ4n) is 1.76. The van der Waals surface area contributed by atoms with Crippen LogP contribution in [0.3, 0.4) is 0 Å². The first-order chi connectivity index (χ1) is 9.55. The molecule has 0 saturated heterocycles. The van der Waals surface area contributed by atoms with Crippen LogP contribution in [0.4, 0.5) is 4.39 Å². The maximum Gasteiger partial charge on any atom is 0.324 e. The van der Waals surface area contributed by atoms with E-state index < -0.39 is 39.0 Å². The van der Waals surface area contributed by atoms with E-state index in [-0.39, 0.29) is 0 Å². The zero-order valence-electron chi connectivity index (χ0n) is 12.5. The van der Waals surface area contributed by atoms with Crippen LogP contribution >= 0.6 is 0 Å². The number of methoxy groups -OCH3 is 1. The summed E-state index contributed by atoms with van der Waals surface area (Å²) in [6.45, 7) is 5.16. The molecule has 21 heavy (non-hydrogen) atoms. The van der Waals surface area contributed by atoms with Gasteiger partial charge in [0.2, 0.25) is 10.0 Å². The minimum atomic E-state index is -3.81. The smallest absolute Gasteiger partial charge is 0.324 e. The topological polar surface area (TPSA) is 72.5 Å². The third-order valence-electron chi connectivity index (χ3n) is 2.85. The van der Waals surface area contributed by atoms with Crippen LogP contribution < -0.4 is 4.72 Å². The van der Waals surface area contributed by atoms with Crippen LogP contribution in [0.25, 0.3) is 0 Å². The highest BCUT2D eigenvalue weighted by Crippen LogP contribution is 2.21. The van der Waals surface area contributed by atoms with Crippen molar-refractivity contribution >= 4 is 16.0 Å². The van der Waals surface area contributed by atoms with Crippen LogP contribution in [0.15, 0.2) is 24.3 Å². The van der Waals surface area contributed by atoms with Crippen LogP contribution in [0, 0.1) is 11.2 Å². The molecule has 1 unspecified atom stereocenters. The van der Waals surface area contributed by atoms with E-state index in [4.69, 9.17) is 0 Å². The number of sulfonamides is 1. The lowest BCUT2D eigenvalue weighted by molar-refractivity contribution is -0.145. The molecule has 1 rings (SSSR count). The van der Waals surface area contributed by atoms with E-state index in [9.17, 15) is 17.6 Å². The van der Waals surface area contributed by atoms with Gasteiger partial charge in [-0.3, -0.25) is 4.79 Å². The molecule has 0 heterocycles. The highest BCUT2D eigenvalue weighted by Gasteiger charge is 2.35. The first-order valence-corrected chi connectivity index (χ1v) is 8.02. The molecule has 1 aromatic carbocycles. The van der Waals surface area contributed by atoms with Crippen molar-refractivity contribution < 1.29 is 22.3 Å². The van der Waals surface area contributed by atoms with Gasteiger partial charge in [-0.2, -0.15) is 0 Å². The van der Waals surface area contributed by atoms with Gasteiger partial charge in [0, 0.05) is 0 Å². The highest BCUT2D eigenvalue weighted by molar-refractivity contribution is 7.88. The van der Waals surface area contributed by atoms with E-state index in [1.807, 2.05) is 0 Å². The Kier molecular flexibility index (Phi) is 5.47. The molecule has 0 fully saturated rings. The predicted octanol–water partition coefficient (Wildman–Crippen LogP) is 1.83. The molecule has 0 radical (unpaired) electrons. The van der Waals surface area contributed by atoms with E-state index in [1.165, 1.54) is 25.3 Å². The Morgan fingerprint density at radius 2 is 2.00 bits per heavy atom.